The van der Waals surface area contributed by atoms with Gasteiger partial charge >= 0.3 is 0 Å². The number of aromatic nitrogens is 2. The van der Waals surface area contributed by atoms with E-state index in [1.807, 2.05) is 36.4 Å². The highest BCUT2D eigenvalue weighted by Crippen LogP contribution is 2.24. The first-order valence-corrected chi connectivity index (χ1v) is 17.6. The first kappa shape index (κ1) is 35.8. The number of anilines is 1. The molecule has 0 spiro atoms. The number of nitrogens with zero attached hydrogens (tertiary/aromatic N) is 3. The van der Waals surface area contributed by atoms with E-state index < -0.39 is 45.8 Å². The standard InChI is InChI=1S/C37H38FN5O6S/c1-24(26-12-14-31(38)15-13-26)40-36(46)28-17-29(19-32(18-28)42(2)50(3,48)49)37(47)41-34(16-25-8-5-4-6-9-25)35(45)23-43-22-30(21-39-43)27-10-7-11-33(44)20-27/h4-15,17-22,24,34-35,44-45H,16,23H2,1-3H3,(H,40,46)(H,41,47)/t24-,34+,35+/m1/s1. The highest BCUT2D eigenvalue weighted by molar-refractivity contribution is 7.92. The summed E-state index contributed by atoms with van der Waals surface area (Å²) in [6, 6.07) is 24.3. The fourth-order valence-corrected chi connectivity index (χ4v) is 5.87. The quantitative estimate of drug-likeness (QED) is 0.139. The topological polar surface area (TPSA) is 154 Å². The van der Waals surface area contributed by atoms with Crippen LogP contribution >= 0.6 is 0 Å². The van der Waals surface area contributed by atoms with Crippen LogP contribution in [0.2, 0.25) is 0 Å². The maximum atomic E-state index is 13.9. The summed E-state index contributed by atoms with van der Waals surface area (Å²) in [4.78, 5) is 27.3. The molecule has 2 amide bonds. The van der Waals surface area contributed by atoms with E-state index >= 15 is 0 Å². The Balaban J connectivity index is 1.42. The first-order valence-electron chi connectivity index (χ1n) is 15.8. The van der Waals surface area contributed by atoms with Gasteiger partial charge in [0, 0.05) is 29.9 Å². The van der Waals surface area contributed by atoms with Crippen LogP contribution in [0.15, 0.2) is 109 Å². The predicted octanol–water partition coefficient (Wildman–Crippen LogP) is 4.68. The van der Waals surface area contributed by atoms with Gasteiger partial charge in [-0.2, -0.15) is 5.10 Å². The minimum Gasteiger partial charge on any atom is -0.508 e. The normalized spacial score (nSPS) is 13.2. The number of hydrogen-bond acceptors (Lipinski definition) is 7. The number of rotatable bonds is 13. The summed E-state index contributed by atoms with van der Waals surface area (Å²) in [5, 5.41) is 31.4. The molecule has 1 aromatic heterocycles. The molecule has 4 aromatic carbocycles. The minimum absolute atomic E-state index is 0.00638. The second kappa shape index (κ2) is 15.3. The summed E-state index contributed by atoms with van der Waals surface area (Å²) in [5.74, 6) is -1.54. The summed E-state index contributed by atoms with van der Waals surface area (Å²) in [6.45, 7) is 1.73. The average molecular weight is 700 g/mol. The Morgan fingerprint density at radius 2 is 1.56 bits per heavy atom. The number of aliphatic hydroxyl groups is 1. The number of halogens is 1. The Labute approximate surface area is 290 Å². The zero-order valence-corrected chi connectivity index (χ0v) is 28.5. The lowest BCUT2D eigenvalue weighted by molar-refractivity contribution is 0.0780. The number of carbonyl (C=O) groups excluding carboxylic acids is 2. The first-order chi connectivity index (χ1) is 23.8. The van der Waals surface area contributed by atoms with Crippen LogP contribution in [0.4, 0.5) is 10.1 Å². The van der Waals surface area contributed by atoms with Gasteiger partial charge in [-0.25, -0.2) is 12.8 Å². The lowest BCUT2D eigenvalue weighted by Gasteiger charge is -2.25. The second-order valence-corrected chi connectivity index (χ2v) is 14.1. The van der Waals surface area contributed by atoms with Crippen LogP contribution in [-0.2, 0) is 23.0 Å². The predicted molar refractivity (Wildman–Crippen MR) is 189 cm³/mol. The molecular weight excluding hydrogens is 662 g/mol. The number of aromatic hydroxyl groups is 1. The second-order valence-electron chi connectivity index (χ2n) is 12.1. The number of aliphatic hydroxyl groups excluding tert-OH is 1. The molecule has 0 saturated heterocycles. The van der Waals surface area contributed by atoms with Crippen molar-refractivity contribution in [1.82, 2.24) is 20.4 Å². The van der Waals surface area contributed by atoms with E-state index in [0.717, 1.165) is 27.3 Å². The lowest BCUT2D eigenvalue weighted by atomic mass is 10.00. The fourth-order valence-electron chi connectivity index (χ4n) is 5.38. The molecule has 0 unspecified atom stereocenters. The summed E-state index contributed by atoms with van der Waals surface area (Å²) in [5.41, 5.74) is 3.05. The van der Waals surface area contributed by atoms with Crippen LogP contribution in [-0.4, -0.2) is 65.7 Å². The van der Waals surface area contributed by atoms with Crippen molar-refractivity contribution in [1.29, 1.82) is 0 Å². The van der Waals surface area contributed by atoms with Crippen LogP contribution in [0, 0.1) is 5.82 Å². The summed E-state index contributed by atoms with van der Waals surface area (Å²) in [7, 11) is -2.46. The highest BCUT2D eigenvalue weighted by atomic mass is 32.2. The maximum absolute atomic E-state index is 13.9. The Hall–Kier alpha value is -5.53. The molecule has 5 rings (SSSR count). The molecule has 0 saturated carbocycles. The van der Waals surface area contributed by atoms with Crippen molar-refractivity contribution in [3.05, 3.63) is 138 Å². The van der Waals surface area contributed by atoms with Crippen LogP contribution in [0.5, 0.6) is 5.75 Å². The van der Waals surface area contributed by atoms with E-state index in [1.165, 1.54) is 37.4 Å². The largest absolute Gasteiger partial charge is 0.508 e. The van der Waals surface area contributed by atoms with E-state index in [2.05, 4.69) is 15.7 Å². The van der Waals surface area contributed by atoms with E-state index in [4.69, 9.17) is 0 Å². The van der Waals surface area contributed by atoms with Gasteiger partial charge < -0.3 is 20.8 Å². The third-order valence-corrected chi connectivity index (χ3v) is 9.49. The average Bonchev–Trinajstić information content (AvgIpc) is 3.56. The Bertz CT molecular complexity index is 2070. The number of benzene rings is 4. The Morgan fingerprint density at radius 3 is 2.20 bits per heavy atom. The zero-order valence-electron chi connectivity index (χ0n) is 27.7. The number of hydrogen-bond donors (Lipinski definition) is 4. The van der Waals surface area contributed by atoms with Crippen LogP contribution in [0.1, 0.15) is 44.8 Å². The Kier molecular flexibility index (Phi) is 11.0. The van der Waals surface area contributed by atoms with Gasteiger partial charge in [-0.1, -0.05) is 54.6 Å². The van der Waals surface area contributed by atoms with Gasteiger partial charge in [-0.3, -0.25) is 18.6 Å². The summed E-state index contributed by atoms with van der Waals surface area (Å²) in [6.07, 6.45) is 3.46. The molecule has 0 aliphatic carbocycles. The van der Waals surface area contributed by atoms with Gasteiger partial charge in [-0.15, -0.1) is 0 Å². The molecular formula is C37H38FN5O6S. The van der Waals surface area contributed by atoms with Gasteiger partial charge in [0.15, 0.2) is 0 Å². The van der Waals surface area contributed by atoms with Crippen molar-refractivity contribution in [2.75, 3.05) is 17.6 Å². The number of sulfonamides is 1. The monoisotopic (exact) mass is 699 g/mol. The number of phenolic OH excluding ortho intramolecular Hbond substituents is 1. The molecule has 0 fully saturated rings. The highest BCUT2D eigenvalue weighted by Gasteiger charge is 2.26. The molecule has 260 valence electrons. The van der Waals surface area contributed by atoms with Crippen molar-refractivity contribution < 1.29 is 32.6 Å². The molecule has 0 aliphatic rings. The van der Waals surface area contributed by atoms with Gasteiger partial charge in [0.25, 0.3) is 11.8 Å². The Morgan fingerprint density at radius 1 is 0.900 bits per heavy atom. The molecule has 1 heterocycles. The molecule has 11 nitrogen and oxygen atoms in total. The number of phenols is 1. The number of nitrogens with one attached hydrogen (secondary N) is 2. The molecule has 0 radical (unpaired) electrons. The van der Waals surface area contributed by atoms with Crippen molar-refractivity contribution in [2.45, 2.75) is 38.1 Å². The van der Waals surface area contributed by atoms with E-state index in [0.29, 0.717) is 5.56 Å². The minimum atomic E-state index is -3.77. The van der Waals surface area contributed by atoms with Crippen LogP contribution in [0.25, 0.3) is 11.1 Å². The molecule has 0 bridgehead atoms. The van der Waals surface area contributed by atoms with Gasteiger partial charge in [0.05, 0.1) is 42.9 Å². The van der Waals surface area contributed by atoms with Crippen molar-refractivity contribution >= 4 is 27.5 Å². The molecule has 5 aromatic rings. The molecule has 0 aliphatic heterocycles. The van der Waals surface area contributed by atoms with Crippen molar-refractivity contribution in [3.8, 4) is 16.9 Å². The molecule has 4 N–H and O–H groups in total. The summed E-state index contributed by atoms with van der Waals surface area (Å²) < 4.78 is 40.9. The zero-order chi connectivity index (χ0) is 36.0. The van der Waals surface area contributed by atoms with Crippen LogP contribution in [0.3, 0.4) is 0 Å². The summed E-state index contributed by atoms with van der Waals surface area (Å²) >= 11 is 0. The van der Waals surface area contributed by atoms with E-state index in [9.17, 15) is 32.6 Å². The SMILES string of the molecule is C[C@@H](NC(=O)c1cc(C(=O)N[C@@H](Cc2ccccc2)[C@@H](O)Cn2cc(-c3cccc(O)c3)cn2)cc(N(C)S(C)(=O)=O)c1)c1ccc(F)cc1. The van der Waals surface area contributed by atoms with Crippen LogP contribution < -0.4 is 14.9 Å². The third-order valence-electron chi connectivity index (χ3n) is 8.29. The lowest BCUT2D eigenvalue weighted by Crippen LogP contribution is -2.46. The smallest absolute Gasteiger partial charge is 0.251 e. The van der Waals surface area contributed by atoms with E-state index in [1.54, 1.807) is 54.3 Å². The van der Waals surface area contributed by atoms with Crippen molar-refractivity contribution in [3.63, 3.8) is 0 Å². The molecule has 13 heteroatoms. The van der Waals surface area contributed by atoms with Gasteiger partial charge in [-0.05, 0) is 72.5 Å². The van der Waals surface area contributed by atoms with Gasteiger partial charge in [0.1, 0.15) is 11.6 Å². The molecule has 3 atom stereocenters. The fraction of sp³-hybridized carbons (Fsp3) is 0.216. The molecule has 50 heavy (non-hydrogen) atoms. The number of carbonyl (C=O) groups is 2. The van der Waals surface area contributed by atoms with Gasteiger partial charge in [0.2, 0.25) is 10.0 Å². The third kappa shape index (κ3) is 9.12. The number of amides is 2. The maximum Gasteiger partial charge on any atom is 0.251 e. The van der Waals surface area contributed by atoms with Crippen molar-refractivity contribution in [2.24, 2.45) is 0 Å². The van der Waals surface area contributed by atoms with E-state index in [-0.39, 0.29) is 35.5 Å².